The molecule has 1 aromatic carbocycles. The van der Waals surface area contributed by atoms with Crippen LogP contribution in [-0.4, -0.2) is 50.6 Å². The van der Waals surface area contributed by atoms with E-state index < -0.39 is 0 Å². The van der Waals surface area contributed by atoms with Crippen LogP contribution in [0, 0.1) is 18.8 Å². The Morgan fingerprint density at radius 3 is 2.83 bits per heavy atom. The first-order valence-corrected chi connectivity index (χ1v) is 8.56. The SMILES string of the molecule is CN=C(NCC(C)c1cccc(C)c1)N1CC(C)C(C(=O)OC)C1. The number of carbonyl (C=O) groups excluding carboxylic acids is 1. The molecule has 1 aliphatic heterocycles. The fourth-order valence-corrected chi connectivity index (χ4v) is 3.27. The van der Waals surface area contributed by atoms with Crippen LogP contribution in [0.1, 0.15) is 30.9 Å². The number of esters is 1. The van der Waals surface area contributed by atoms with Crippen LogP contribution >= 0.6 is 0 Å². The fraction of sp³-hybridized carbons (Fsp3) is 0.579. The second-order valence-corrected chi connectivity index (χ2v) is 6.76. The second-order valence-electron chi connectivity index (χ2n) is 6.76. The van der Waals surface area contributed by atoms with Gasteiger partial charge >= 0.3 is 5.97 Å². The van der Waals surface area contributed by atoms with Gasteiger partial charge in [-0.2, -0.15) is 0 Å². The van der Waals surface area contributed by atoms with E-state index in [1.54, 1.807) is 7.05 Å². The van der Waals surface area contributed by atoms with Gasteiger partial charge in [0.25, 0.3) is 0 Å². The zero-order chi connectivity index (χ0) is 17.7. The lowest BCUT2D eigenvalue weighted by Gasteiger charge is -2.23. The third-order valence-electron chi connectivity index (χ3n) is 4.81. The van der Waals surface area contributed by atoms with Crippen molar-refractivity contribution in [3.05, 3.63) is 35.4 Å². The Morgan fingerprint density at radius 1 is 1.46 bits per heavy atom. The molecule has 24 heavy (non-hydrogen) atoms. The molecular weight excluding hydrogens is 302 g/mol. The molecule has 3 unspecified atom stereocenters. The van der Waals surface area contributed by atoms with Crippen molar-refractivity contribution in [1.82, 2.24) is 10.2 Å². The largest absolute Gasteiger partial charge is 0.469 e. The van der Waals surface area contributed by atoms with Crippen LogP contribution in [0.5, 0.6) is 0 Å². The number of methoxy groups -OCH3 is 1. The zero-order valence-corrected chi connectivity index (χ0v) is 15.4. The minimum Gasteiger partial charge on any atom is -0.469 e. The number of nitrogens with zero attached hydrogens (tertiary/aromatic N) is 2. The van der Waals surface area contributed by atoms with Crippen molar-refractivity contribution in [2.45, 2.75) is 26.7 Å². The van der Waals surface area contributed by atoms with Crippen LogP contribution in [-0.2, 0) is 9.53 Å². The Morgan fingerprint density at radius 2 is 2.21 bits per heavy atom. The number of aliphatic imine (C=N–C) groups is 1. The summed E-state index contributed by atoms with van der Waals surface area (Å²) in [5.41, 5.74) is 2.60. The zero-order valence-electron chi connectivity index (χ0n) is 15.4. The molecule has 0 bridgehead atoms. The monoisotopic (exact) mass is 331 g/mol. The molecule has 0 spiro atoms. The topological polar surface area (TPSA) is 53.9 Å². The van der Waals surface area contributed by atoms with Gasteiger partial charge < -0.3 is 15.0 Å². The summed E-state index contributed by atoms with van der Waals surface area (Å²) >= 11 is 0. The van der Waals surface area contributed by atoms with Crippen LogP contribution in [0.15, 0.2) is 29.3 Å². The average molecular weight is 331 g/mol. The van der Waals surface area contributed by atoms with Crippen molar-refractivity contribution in [3.63, 3.8) is 0 Å². The number of guanidine groups is 1. The van der Waals surface area contributed by atoms with Crippen LogP contribution < -0.4 is 5.32 Å². The molecule has 1 fully saturated rings. The summed E-state index contributed by atoms with van der Waals surface area (Å²) in [6.45, 7) is 8.69. The maximum atomic E-state index is 11.9. The van der Waals surface area contributed by atoms with E-state index in [1.165, 1.54) is 18.2 Å². The molecule has 1 saturated heterocycles. The van der Waals surface area contributed by atoms with Gasteiger partial charge in [0, 0.05) is 26.7 Å². The first-order chi connectivity index (χ1) is 11.5. The van der Waals surface area contributed by atoms with Crippen LogP contribution in [0.2, 0.25) is 0 Å². The van der Waals surface area contributed by atoms with Crippen molar-refractivity contribution in [1.29, 1.82) is 0 Å². The number of likely N-dealkylation sites (tertiary alicyclic amines) is 1. The minimum atomic E-state index is -0.131. The van der Waals surface area contributed by atoms with Gasteiger partial charge in [-0.25, -0.2) is 0 Å². The van der Waals surface area contributed by atoms with Gasteiger partial charge in [-0.3, -0.25) is 9.79 Å². The average Bonchev–Trinajstić information content (AvgIpc) is 2.96. The molecule has 0 aliphatic carbocycles. The normalized spacial score (nSPS) is 22.4. The molecule has 1 aliphatic rings. The summed E-state index contributed by atoms with van der Waals surface area (Å²) in [7, 11) is 3.24. The van der Waals surface area contributed by atoms with Gasteiger partial charge in [-0.1, -0.05) is 43.7 Å². The number of hydrogen-bond acceptors (Lipinski definition) is 3. The van der Waals surface area contributed by atoms with Crippen molar-refractivity contribution >= 4 is 11.9 Å². The van der Waals surface area contributed by atoms with E-state index >= 15 is 0 Å². The highest BCUT2D eigenvalue weighted by Crippen LogP contribution is 2.24. The molecule has 0 amide bonds. The van der Waals surface area contributed by atoms with Crippen molar-refractivity contribution < 1.29 is 9.53 Å². The number of aryl methyl sites for hydroxylation is 1. The Balaban J connectivity index is 1.95. The Labute approximate surface area is 145 Å². The third-order valence-corrected chi connectivity index (χ3v) is 4.81. The van der Waals surface area contributed by atoms with Gasteiger partial charge in [-0.15, -0.1) is 0 Å². The molecule has 0 saturated carbocycles. The van der Waals surface area contributed by atoms with E-state index in [2.05, 4.69) is 60.2 Å². The van der Waals surface area contributed by atoms with Crippen LogP contribution in [0.25, 0.3) is 0 Å². The van der Waals surface area contributed by atoms with E-state index in [1.807, 2.05) is 0 Å². The highest BCUT2D eigenvalue weighted by molar-refractivity contribution is 5.82. The Kier molecular flexibility index (Phi) is 6.23. The Hall–Kier alpha value is -2.04. The van der Waals surface area contributed by atoms with E-state index in [0.29, 0.717) is 12.5 Å². The second kappa shape index (κ2) is 8.18. The molecule has 1 heterocycles. The van der Waals surface area contributed by atoms with Crippen molar-refractivity contribution in [2.24, 2.45) is 16.8 Å². The van der Waals surface area contributed by atoms with Crippen molar-refractivity contribution in [3.8, 4) is 0 Å². The van der Waals surface area contributed by atoms with Gasteiger partial charge in [0.15, 0.2) is 5.96 Å². The number of rotatable bonds is 4. The minimum absolute atomic E-state index is 0.0808. The van der Waals surface area contributed by atoms with E-state index in [-0.39, 0.29) is 17.8 Å². The predicted octanol–water partition coefficient (Wildman–Crippen LogP) is 2.41. The lowest BCUT2D eigenvalue weighted by atomic mass is 9.99. The molecule has 3 atom stereocenters. The molecule has 5 heteroatoms. The van der Waals surface area contributed by atoms with Crippen molar-refractivity contribution in [2.75, 3.05) is 33.8 Å². The van der Waals surface area contributed by atoms with Crippen LogP contribution in [0.4, 0.5) is 0 Å². The standard InChI is InChI=1S/C19H29N3O2/c1-13-7-6-8-16(9-13)14(2)10-21-19(20-4)22-11-15(3)17(12-22)18(23)24-5/h6-9,14-15,17H,10-12H2,1-5H3,(H,20,21). The van der Waals surface area contributed by atoms with Gasteiger partial charge in [0.2, 0.25) is 0 Å². The molecule has 0 radical (unpaired) electrons. The molecule has 1 aromatic rings. The molecule has 2 rings (SSSR count). The quantitative estimate of drug-likeness (QED) is 0.523. The maximum Gasteiger partial charge on any atom is 0.310 e. The number of carbonyl (C=O) groups is 1. The molecule has 5 nitrogen and oxygen atoms in total. The summed E-state index contributed by atoms with van der Waals surface area (Å²) in [6.07, 6.45) is 0. The maximum absolute atomic E-state index is 11.9. The number of nitrogens with one attached hydrogen (secondary N) is 1. The molecule has 1 N–H and O–H groups in total. The smallest absolute Gasteiger partial charge is 0.310 e. The summed E-state index contributed by atoms with van der Waals surface area (Å²) < 4.78 is 4.91. The lowest BCUT2D eigenvalue weighted by Crippen LogP contribution is -2.42. The fourth-order valence-electron chi connectivity index (χ4n) is 3.27. The van der Waals surface area contributed by atoms with Gasteiger partial charge in [0.05, 0.1) is 13.0 Å². The van der Waals surface area contributed by atoms with Crippen LogP contribution in [0.3, 0.4) is 0 Å². The summed E-state index contributed by atoms with van der Waals surface area (Å²) in [5.74, 6) is 1.30. The molecule has 0 aromatic heterocycles. The highest BCUT2D eigenvalue weighted by Gasteiger charge is 2.36. The molecule has 132 valence electrons. The van der Waals surface area contributed by atoms with E-state index in [0.717, 1.165) is 19.0 Å². The first-order valence-electron chi connectivity index (χ1n) is 8.56. The summed E-state index contributed by atoms with van der Waals surface area (Å²) in [6, 6.07) is 8.59. The summed E-state index contributed by atoms with van der Waals surface area (Å²) in [5, 5.41) is 3.45. The lowest BCUT2D eigenvalue weighted by molar-refractivity contribution is -0.145. The van der Waals surface area contributed by atoms with Gasteiger partial charge in [0.1, 0.15) is 0 Å². The number of hydrogen-bond donors (Lipinski definition) is 1. The first kappa shape index (κ1) is 18.3. The van der Waals surface area contributed by atoms with E-state index in [4.69, 9.17) is 4.74 Å². The van der Waals surface area contributed by atoms with E-state index in [9.17, 15) is 4.79 Å². The molecular formula is C19H29N3O2. The number of ether oxygens (including phenoxy) is 1. The number of benzene rings is 1. The summed E-state index contributed by atoms with van der Waals surface area (Å²) in [4.78, 5) is 18.4. The highest BCUT2D eigenvalue weighted by atomic mass is 16.5. The Bertz CT molecular complexity index is 600. The predicted molar refractivity (Wildman–Crippen MR) is 97.2 cm³/mol. The van der Waals surface area contributed by atoms with Gasteiger partial charge in [-0.05, 0) is 24.3 Å². The third kappa shape index (κ3) is 4.28.